The Morgan fingerprint density at radius 1 is 1.25 bits per heavy atom. The Hall–Kier alpha value is -2.37. The summed E-state index contributed by atoms with van der Waals surface area (Å²) in [6, 6.07) is 3.87. The normalized spacial score (nSPS) is 11.5. The van der Waals surface area contributed by atoms with Gasteiger partial charge in [0.25, 0.3) is 5.91 Å². The van der Waals surface area contributed by atoms with Gasteiger partial charge in [-0.25, -0.2) is 4.98 Å². The molecule has 0 bridgehead atoms. The Morgan fingerprint density at radius 3 is 2.62 bits per heavy atom. The van der Waals surface area contributed by atoms with Crippen molar-refractivity contribution in [2.75, 3.05) is 6.54 Å². The number of aromatic nitrogens is 2. The molecule has 0 aliphatic carbocycles. The van der Waals surface area contributed by atoms with Gasteiger partial charge in [0.05, 0.1) is 5.69 Å². The molecule has 0 saturated heterocycles. The highest BCUT2D eigenvalue weighted by atomic mass is 16.2. The second kappa shape index (κ2) is 7.03. The minimum atomic E-state index is -0.230. The first kappa shape index (κ1) is 18.0. The van der Waals surface area contributed by atoms with Gasteiger partial charge >= 0.3 is 0 Å². The molecule has 2 N–H and O–H groups in total. The van der Waals surface area contributed by atoms with Crippen LogP contribution in [0.5, 0.6) is 0 Å². The lowest BCUT2D eigenvalue weighted by Gasteiger charge is -2.20. The summed E-state index contributed by atoms with van der Waals surface area (Å²) >= 11 is 0. The van der Waals surface area contributed by atoms with E-state index in [9.17, 15) is 9.59 Å². The summed E-state index contributed by atoms with van der Waals surface area (Å²) < 4.78 is 1.81. The maximum Gasteiger partial charge on any atom is 0.270 e. The van der Waals surface area contributed by atoms with Crippen LogP contribution in [0.1, 0.15) is 55.4 Å². The molecular formula is C18H26N4O2. The van der Waals surface area contributed by atoms with Crippen molar-refractivity contribution in [1.29, 1.82) is 0 Å². The zero-order valence-electron chi connectivity index (χ0n) is 15.1. The number of carbonyl (C=O) groups is 2. The van der Waals surface area contributed by atoms with E-state index in [0.29, 0.717) is 30.8 Å². The van der Waals surface area contributed by atoms with E-state index in [1.165, 1.54) is 0 Å². The molecule has 0 atom stereocenters. The first-order chi connectivity index (χ1) is 11.2. The first-order valence-electron chi connectivity index (χ1n) is 8.22. The van der Waals surface area contributed by atoms with Crippen molar-refractivity contribution >= 4 is 17.5 Å². The van der Waals surface area contributed by atoms with Gasteiger partial charge in [-0.3, -0.25) is 14.0 Å². The van der Waals surface area contributed by atoms with E-state index in [1.807, 2.05) is 57.3 Å². The van der Waals surface area contributed by atoms with Gasteiger partial charge in [-0.15, -0.1) is 0 Å². The maximum absolute atomic E-state index is 12.5. The van der Waals surface area contributed by atoms with Gasteiger partial charge in [0.1, 0.15) is 11.3 Å². The SMILES string of the molecule is Cc1nc2c(C)cccn2c1C(=O)NCCCC(=O)NC(C)(C)C. The molecule has 2 heterocycles. The summed E-state index contributed by atoms with van der Waals surface area (Å²) in [5.41, 5.74) is 2.84. The molecule has 0 saturated carbocycles. The van der Waals surface area contributed by atoms with E-state index in [-0.39, 0.29) is 17.4 Å². The molecule has 2 rings (SSSR count). The van der Waals surface area contributed by atoms with Crippen molar-refractivity contribution in [3.05, 3.63) is 35.3 Å². The lowest BCUT2D eigenvalue weighted by molar-refractivity contribution is -0.122. The summed E-state index contributed by atoms with van der Waals surface area (Å²) in [5.74, 6) is -0.166. The highest BCUT2D eigenvalue weighted by molar-refractivity contribution is 5.94. The third-order valence-electron chi connectivity index (χ3n) is 3.62. The number of hydrogen-bond acceptors (Lipinski definition) is 3. The van der Waals surface area contributed by atoms with Crippen molar-refractivity contribution in [1.82, 2.24) is 20.0 Å². The molecule has 6 nitrogen and oxygen atoms in total. The molecule has 0 radical (unpaired) electrons. The van der Waals surface area contributed by atoms with Crippen LogP contribution in [0.4, 0.5) is 0 Å². The average Bonchev–Trinajstić information content (AvgIpc) is 2.79. The van der Waals surface area contributed by atoms with E-state index in [2.05, 4.69) is 15.6 Å². The van der Waals surface area contributed by atoms with E-state index in [1.54, 1.807) is 0 Å². The molecular weight excluding hydrogens is 304 g/mol. The Morgan fingerprint density at radius 2 is 1.96 bits per heavy atom. The molecule has 2 aromatic rings. The number of pyridine rings is 1. The molecule has 0 aliphatic rings. The molecule has 0 fully saturated rings. The Balaban J connectivity index is 1.93. The van der Waals surface area contributed by atoms with Crippen LogP contribution >= 0.6 is 0 Å². The van der Waals surface area contributed by atoms with E-state index < -0.39 is 0 Å². The van der Waals surface area contributed by atoms with Gasteiger partial charge in [-0.2, -0.15) is 0 Å². The smallest absolute Gasteiger partial charge is 0.270 e. The molecule has 2 aromatic heterocycles. The summed E-state index contributed by atoms with van der Waals surface area (Å²) in [4.78, 5) is 28.7. The topological polar surface area (TPSA) is 75.5 Å². The van der Waals surface area contributed by atoms with Gasteiger partial charge in [-0.1, -0.05) is 6.07 Å². The number of rotatable bonds is 5. The third kappa shape index (κ3) is 4.34. The number of fused-ring (bicyclic) bond motifs is 1. The molecule has 130 valence electrons. The van der Waals surface area contributed by atoms with Crippen molar-refractivity contribution in [2.45, 2.75) is 53.0 Å². The number of nitrogens with one attached hydrogen (secondary N) is 2. The second-order valence-electron chi connectivity index (χ2n) is 7.09. The molecule has 24 heavy (non-hydrogen) atoms. The van der Waals surface area contributed by atoms with Crippen LogP contribution in [0.15, 0.2) is 18.3 Å². The fourth-order valence-corrected chi connectivity index (χ4v) is 2.61. The monoisotopic (exact) mass is 330 g/mol. The van der Waals surface area contributed by atoms with Crippen LogP contribution in [0.2, 0.25) is 0 Å². The van der Waals surface area contributed by atoms with Crippen molar-refractivity contribution < 1.29 is 9.59 Å². The fraction of sp³-hybridized carbons (Fsp3) is 0.500. The number of imidazole rings is 1. The largest absolute Gasteiger partial charge is 0.352 e. The Bertz CT molecular complexity index is 756. The van der Waals surface area contributed by atoms with Crippen LogP contribution in [-0.4, -0.2) is 33.3 Å². The number of aryl methyl sites for hydroxylation is 2. The molecule has 0 aromatic carbocycles. The molecule has 0 aliphatic heterocycles. The van der Waals surface area contributed by atoms with Crippen LogP contribution < -0.4 is 10.6 Å². The predicted octanol–water partition coefficient (Wildman–Crippen LogP) is 2.38. The van der Waals surface area contributed by atoms with Gasteiger partial charge in [0, 0.05) is 24.7 Å². The summed E-state index contributed by atoms with van der Waals surface area (Å²) in [5, 5.41) is 5.78. The fourth-order valence-electron chi connectivity index (χ4n) is 2.61. The quantitative estimate of drug-likeness (QED) is 0.827. The highest BCUT2D eigenvalue weighted by Crippen LogP contribution is 2.15. The standard InChI is InChI=1S/C18H26N4O2/c1-12-8-7-11-22-15(13(2)20-16(12)22)17(24)19-10-6-9-14(23)21-18(3,4)5/h7-8,11H,6,9-10H2,1-5H3,(H,19,24)(H,21,23). The number of carbonyl (C=O) groups excluding carboxylic acids is 2. The Labute approximate surface area is 142 Å². The van der Waals surface area contributed by atoms with Crippen molar-refractivity contribution in [3.8, 4) is 0 Å². The van der Waals surface area contributed by atoms with Gasteiger partial charge < -0.3 is 10.6 Å². The van der Waals surface area contributed by atoms with E-state index in [0.717, 1.165) is 11.2 Å². The third-order valence-corrected chi connectivity index (χ3v) is 3.62. The van der Waals surface area contributed by atoms with Crippen LogP contribution in [0.25, 0.3) is 5.65 Å². The van der Waals surface area contributed by atoms with E-state index in [4.69, 9.17) is 0 Å². The zero-order valence-corrected chi connectivity index (χ0v) is 15.1. The minimum Gasteiger partial charge on any atom is -0.352 e. The molecule has 2 amide bonds. The van der Waals surface area contributed by atoms with Crippen LogP contribution in [0, 0.1) is 13.8 Å². The number of nitrogens with zero attached hydrogens (tertiary/aromatic N) is 2. The number of hydrogen-bond donors (Lipinski definition) is 2. The van der Waals surface area contributed by atoms with Crippen molar-refractivity contribution in [3.63, 3.8) is 0 Å². The minimum absolute atomic E-state index is 0.00152. The molecule has 6 heteroatoms. The number of amides is 2. The lowest BCUT2D eigenvalue weighted by Crippen LogP contribution is -2.40. The first-order valence-corrected chi connectivity index (χ1v) is 8.22. The summed E-state index contributed by atoms with van der Waals surface area (Å²) in [7, 11) is 0. The van der Waals surface area contributed by atoms with Gasteiger partial charge in [0.2, 0.25) is 5.91 Å². The van der Waals surface area contributed by atoms with Crippen LogP contribution in [-0.2, 0) is 4.79 Å². The second-order valence-corrected chi connectivity index (χ2v) is 7.09. The Kier molecular flexibility index (Phi) is 5.26. The summed E-state index contributed by atoms with van der Waals surface area (Å²) in [6.45, 7) is 10.1. The maximum atomic E-state index is 12.5. The zero-order chi connectivity index (χ0) is 17.9. The molecule has 0 unspecified atom stereocenters. The van der Waals surface area contributed by atoms with E-state index >= 15 is 0 Å². The predicted molar refractivity (Wildman–Crippen MR) is 94.1 cm³/mol. The van der Waals surface area contributed by atoms with Crippen LogP contribution in [0.3, 0.4) is 0 Å². The van der Waals surface area contributed by atoms with Gasteiger partial charge in [-0.05, 0) is 52.7 Å². The highest BCUT2D eigenvalue weighted by Gasteiger charge is 2.17. The van der Waals surface area contributed by atoms with Crippen molar-refractivity contribution in [2.24, 2.45) is 0 Å². The summed E-state index contributed by atoms with van der Waals surface area (Å²) in [6.07, 6.45) is 2.83. The average molecular weight is 330 g/mol. The lowest BCUT2D eigenvalue weighted by atomic mass is 10.1. The molecule has 0 spiro atoms. The van der Waals surface area contributed by atoms with Gasteiger partial charge in [0.15, 0.2) is 0 Å².